The first kappa shape index (κ1) is 20.2. The molecule has 3 N–H and O–H groups in total. The van der Waals surface area contributed by atoms with Crippen LogP contribution in [0, 0.1) is 11.3 Å². The van der Waals surface area contributed by atoms with Gasteiger partial charge in [-0.3, -0.25) is 4.79 Å². The smallest absolute Gasteiger partial charge is 0.338 e. The lowest BCUT2D eigenvalue weighted by Gasteiger charge is -2.30. The van der Waals surface area contributed by atoms with Crippen LogP contribution < -0.4 is 11.1 Å². The molecule has 2 heterocycles. The Hall–Kier alpha value is -3.11. The van der Waals surface area contributed by atoms with Gasteiger partial charge in [-0.1, -0.05) is 12.1 Å². The Balaban J connectivity index is 1.87. The first-order valence-corrected chi connectivity index (χ1v) is 10.9. The summed E-state index contributed by atoms with van der Waals surface area (Å²) in [7, 11) is 0. The number of fused-ring (bicyclic) bond motifs is 1. The van der Waals surface area contributed by atoms with Gasteiger partial charge in [0.15, 0.2) is 5.78 Å². The molecular weight excluding hydrogens is 398 g/mol. The fourth-order valence-corrected chi connectivity index (χ4v) is 5.53. The minimum atomic E-state index is -0.639. The Morgan fingerprint density at radius 1 is 1.27 bits per heavy atom. The zero-order valence-corrected chi connectivity index (χ0v) is 17.8. The number of benzene rings is 1. The topological polar surface area (TPSA) is 105 Å². The van der Waals surface area contributed by atoms with Crippen molar-refractivity contribution in [2.75, 3.05) is 0 Å². The average Bonchev–Trinajstić information content (AvgIpc) is 3.36. The molecule has 154 valence electrons. The summed E-state index contributed by atoms with van der Waals surface area (Å²) in [5.74, 6) is -1.06. The minimum Gasteiger partial charge on any atom is -0.459 e. The molecule has 1 saturated carbocycles. The lowest BCUT2D eigenvalue weighted by molar-refractivity contribution is -0.144. The first-order valence-electron chi connectivity index (χ1n) is 10.0. The minimum absolute atomic E-state index is 0.115. The summed E-state index contributed by atoms with van der Waals surface area (Å²) < 4.78 is 6.60. The second kappa shape index (κ2) is 7.96. The van der Waals surface area contributed by atoms with Crippen molar-refractivity contribution in [2.24, 2.45) is 5.73 Å². The third-order valence-electron chi connectivity index (χ3n) is 5.83. The highest BCUT2D eigenvalue weighted by Gasteiger charge is 2.38. The van der Waals surface area contributed by atoms with Crippen LogP contribution in [-0.2, 0) is 14.3 Å². The molecule has 0 bridgehead atoms. The van der Waals surface area contributed by atoms with Crippen molar-refractivity contribution in [3.05, 3.63) is 57.4 Å². The number of hydrogen-bond acceptors (Lipinski definition) is 7. The number of nitrogens with two attached hydrogens (primary N) is 1. The third-order valence-corrected chi connectivity index (χ3v) is 6.88. The summed E-state index contributed by atoms with van der Waals surface area (Å²) in [4.78, 5) is 25.9. The van der Waals surface area contributed by atoms with Crippen molar-refractivity contribution in [3.8, 4) is 6.07 Å². The molecule has 30 heavy (non-hydrogen) atoms. The van der Waals surface area contributed by atoms with E-state index in [2.05, 4.69) is 11.4 Å². The molecule has 1 aromatic carbocycles. The Morgan fingerprint density at radius 2 is 2.00 bits per heavy atom. The van der Waals surface area contributed by atoms with Gasteiger partial charge in [0.1, 0.15) is 18.0 Å². The summed E-state index contributed by atoms with van der Waals surface area (Å²) >= 11 is 1.43. The summed E-state index contributed by atoms with van der Waals surface area (Å²) in [6, 6.07) is 7.69. The largest absolute Gasteiger partial charge is 0.459 e. The van der Waals surface area contributed by atoms with Gasteiger partial charge in [0, 0.05) is 11.3 Å². The molecule has 0 saturated heterocycles. The molecule has 1 unspecified atom stereocenters. The van der Waals surface area contributed by atoms with Crippen molar-refractivity contribution in [3.63, 3.8) is 0 Å². The molecule has 1 fully saturated rings. The Kier molecular flexibility index (Phi) is 5.35. The van der Waals surface area contributed by atoms with Gasteiger partial charge in [0.2, 0.25) is 0 Å². The van der Waals surface area contributed by atoms with Crippen molar-refractivity contribution < 1.29 is 14.3 Å². The second-order valence-electron chi connectivity index (χ2n) is 7.78. The van der Waals surface area contributed by atoms with E-state index in [-0.39, 0.29) is 23.3 Å². The van der Waals surface area contributed by atoms with Crippen LogP contribution in [0.3, 0.4) is 0 Å². The fraction of sp³-hybridized carbons (Fsp3) is 0.348. The number of dihydropyridines is 1. The van der Waals surface area contributed by atoms with E-state index in [1.54, 1.807) is 13.0 Å². The molecule has 1 aliphatic carbocycles. The number of esters is 1. The fourth-order valence-electron chi connectivity index (χ4n) is 4.47. The molecular formula is C23H23N3O3S. The number of Topliss-reactive ketones (excluding diaryl/α,β-unsaturated/α-hetero) is 1. The SMILES string of the molecule is CC(=O)C1=C(C)NC(N)=C(C(=O)OC2CCCC2)C1c1csc2c(C#N)cccc12. The Bertz CT molecular complexity index is 1150. The molecule has 1 atom stereocenters. The van der Waals surface area contributed by atoms with Crippen molar-refractivity contribution in [2.45, 2.75) is 51.6 Å². The zero-order valence-electron chi connectivity index (χ0n) is 17.0. The van der Waals surface area contributed by atoms with E-state index in [0.29, 0.717) is 16.8 Å². The molecule has 0 amide bonds. The second-order valence-corrected chi connectivity index (χ2v) is 8.66. The highest BCUT2D eigenvalue weighted by atomic mass is 32.1. The highest BCUT2D eigenvalue weighted by Crippen LogP contribution is 2.44. The number of nitriles is 1. The number of carbonyl (C=O) groups excluding carboxylic acids is 2. The van der Waals surface area contributed by atoms with Crippen LogP contribution in [-0.4, -0.2) is 17.9 Å². The summed E-state index contributed by atoms with van der Waals surface area (Å²) in [6.07, 6.45) is 3.66. The summed E-state index contributed by atoms with van der Waals surface area (Å²) in [5.41, 5.74) is 9.01. The maximum Gasteiger partial charge on any atom is 0.338 e. The van der Waals surface area contributed by atoms with Crippen LogP contribution in [0.15, 0.2) is 46.2 Å². The number of hydrogen-bond donors (Lipinski definition) is 2. The van der Waals surface area contributed by atoms with Crippen LogP contribution in [0.1, 0.15) is 56.6 Å². The number of allylic oxidation sites excluding steroid dienone is 2. The van der Waals surface area contributed by atoms with Gasteiger partial charge < -0.3 is 15.8 Å². The van der Waals surface area contributed by atoms with Crippen LogP contribution in [0.25, 0.3) is 10.1 Å². The van der Waals surface area contributed by atoms with E-state index in [1.165, 1.54) is 18.3 Å². The number of thiophene rings is 1. The van der Waals surface area contributed by atoms with Gasteiger partial charge >= 0.3 is 5.97 Å². The maximum absolute atomic E-state index is 13.2. The van der Waals surface area contributed by atoms with E-state index < -0.39 is 11.9 Å². The highest BCUT2D eigenvalue weighted by molar-refractivity contribution is 7.17. The lowest BCUT2D eigenvalue weighted by atomic mass is 9.79. The van der Waals surface area contributed by atoms with Crippen LogP contribution in [0.4, 0.5) is 0 Å². The molecule has 6 nitrogen and oxygen atoms in total. The molecule has 0 radical (unpaired) electrons. The van der Waals surface area contributed by atoms with E-state index in [4.69, 9.17) is 10.5 Å². The average molecular weight is 422 g/mol. The Morgan fingerprint density at radius 3 is 2.67 bits per heavy atom. The molecule has 7 heteroatoms. The predicted octanol–water partition coefficient (Wildman–Crippen LogP) is 3.98. The molecule has 4 rings (SSSR count). The number of carbonyl (C=O) groups is 2. The summed E-state index contributed by atoms with van der Waals surface area (Å²) in [5, 5.41) is 15.2. The number of rotatable bonds is 4. The molecule has 1 aromatic heterocycles. The van der Waals surface area contributed by atoms with Crippen molar-refractivity contribution in [1.82, 2.24) is 5.32 Å². The maximum atomic E-state index is 13.2. The van der Waals surface area contributed by atoms with Gasteiger partial charge in [-0.15, -0.1) is 11.3 Å². The van der Waals surface area contributed by atoms with Crippen LogP contribution in [0.5, 0.6) is 0 Å². The van der Waals surface area contributed by atoms with E-state index in [9.17, 15) is 14.9 Å². The lowest BCUT2D eigenvalue weighted by Crippen LogP contribution is -2.36. The number of ether oxygens (including phenoxy) is 1. The van der Waals surface area contributed by atoms with Crippen molar-refractivity contribution in [1.29, 1.82) is 5.26 Å². The van der Waals surface area contributed by atoms with Crippen molar-refractivity contribution >= 4 is 33.2 Å². The van der Waals surface area contributed by atoms with E-state index >= 15 is 0 Å². The molecule has 2 aromatic rings. The number of nitrogens with zero attached hydrogens (tertiary/aromatic N) is 1. The summed E-state index contributed by atoms with van der Waals surface area (Å²) in [6.45, 7) is 3.27. The van der Waals surface area contributed by atoms with Crippen LogP contribution >= 0.6 is 11.3 Å². The van der Waals surface area contributed by atoms with E-state index in [0.717, 1.165) is 41.3 Å². The monoisotopic (exact) mass is 421 g/mol. The standard InChI is InChI=1S/C23H23N3O3S/c1-12-18(13(2)27)19(17-11-30-21-14(10-24)6-5-9-16(17)21)20(22(25)26-12)23(28)29-15-7-3-4-8-15/h5-6,9,11,15,19,26H,3-4,7-8,25H2,1-2H3. The molecule has 1 aliphatic heterocycles. The zero-order chi connectivity index (χ0) is 21.4. The molecule has 0 spiro atoms. The van der Waals surface area contributed by atoms with Gasteiger partial charge in [-0.05, 0) is 61.9 Å². The van der Waals surface area contributed by atoms with E-state index in [1.807, 2.05) is 17.5 Å². The van der Waals surface area contributed by atoms with Gasteiger partial charge in [-0.25, -0.2) is 4.79 Å². The normalized spacial score (nSPS) is 19.7. The third kappa shape index (κ3) is 3.37. The predicted molar refractivity (Wildman–Crippen MR) is 115 cm³/mol. The Labute approximate surface area is 179 Å². The van der Waals surface area contributed by atoms with Gasteiger partial charge in [0.25, 0.3) is 0 Å². The van der Waals surface area contributed by atoms with Gasteiger partial charge in [0.05, 0.1) is 21.8 Å². The first-order chi connectivity index (χ1) is 14.4. The van der Waals surface area contributed by atoms with Gasteiger partial charge in [-0.2, -0.15) is 5.26 Å². The number of nitrogens with one attached hydrogen (secondary N) is 1. The number of ketones is 1. The molecule has 2 aliphatic rings. The quantitative estimate of drug-likeness (QED) is 0.724. The van der Waals surface area contributed by atoms with Crippen LogP contribution in [0.2, 0.25) is 0 Å².